The molecule has 1 unspecified atom stereocenters. The highest BCUT2D eigenvalue weighted by molar-refractivity contribution is 7.10. The van der Waals surface area contributed by atoms with Gasteiger partial charge in [-0.15, -0.1) is 11.3 Å². The first-order valence-corrected chi connectivity index (χ1v) is 6.79. The Balaban J connectivity index is 2.36. The molecule has 0 saturated carbocycles. The Bertz CT molecular complexity index is 282. The van der Waals surface area contributed by atoms with Gasteiger partial charge in [0.1, 0.15) is 0 Å². The summed E-state index contributed by atoms with van der Waals surface area (Å²) in [6.45, 7) is 11.3. The van der Waals surface area contributed by atoms with Crippen LogP contribution < -0.4 is 5.32 Å². The van der Waals surface area contributed by atoms with Crippen molar-refractivity contribution in [3.8, 4) is 0 Å². The van der Waals surface area contributed by atoms with Crippen molar-refractivity contribution in [1.82, 2.24) is 5.32 Å². The first kappa shape index (κ1) is 13.7. The smallest absolute Gasteiger partial charge is 0.0616 e. The Morgan fingerprint density at radius 2 is 2.25 bits per heavy atom. The fourth-order valence-corrected chi connectivity index (χ4v) is 2.39. The fraction of sp³-hybridized carbons (Fsp3) is 0.692. The van der Waals surface area contributed by atoms with Crippen molar-refractivity contribution in [1.29, 1.82) is 0 Å². The zero-order valence-corrected chi connectivity index (χ0v) is 11.6. The number of nitrogens with one attached hydrogen (secondary N) is 1. The monoisotopic (exact) mass is 241 g/mol. The average Bonchev–Trinajstić information content (AvgIpc) is 2.77. The molecule has 0 spiro atoms. The second kappa shape index (κ2) is 6.38. The molecule has 3 heteroatoms. The molecule has 0 aliphatic carbocycles. The number of hydrogen-bond donors (Lipinski definition) is 1. The third kappa shape index (κ3) is 4.24. The molecule has 16 heavy (non-hydrogen) atoms. The normalized spacial score (nSPS) is 14.0. The molecule has 1 atom stereocenters. The summed E-state index contributed by atoms with van der Waals surface area (Å²) >= 11 is 1.83. The molecular formula is C13H23NOS. The van der Waals surface area contributed by atoms with Gasteiger partial charge in [-0.25, -0.2) is 0 Å². The van der Waals surface area contributed by atoms with Crippen LogP contribution in [0.1, 0.15) is 32.6 Å². The van der Waals surface area contributed by atoms with Gasteiger partial charge >= 0.3 is 0 Å². The molecular weight excluding hydrogens is 218 g/mol. The highest BCUT2D eigenvalue weighted by Crippen LogP contribution is 2.26. The van der Waals surface area contributed by atoms with Crippen molar-refractivity contribution in [2.75, 3.05) is 19.8 Å². The van der Waals surface area contributed by atoms with Crippen molar-refractivity contribution < 1.29 is 4.74 Å². The van der Waals surface area contributed by atoms with Crippen molar-refractivity contribution in [3.63, 3.8) is 0 Å². The molecule has 0 bridgehead atoms. The van der Waals surface area contributed by atoms with E-state index < -0.39 is 0 Å². The maximum absolute atomic E-state index is 5.39. The van der Waals surface area contributed by atoms with E-state index in [1.54, 1.807) is 0 Å². The lowest BCUT2D eigenvalue weighted by Gasteiger charge is -2.26. The Labute approximate surface area is 103 Å². The van der Waals surface area contributed by atoms with E-state index in [1.807, 2.05) is 18.3 Å². The average molecular weight is 241 g/mol. The Morgan fingerprint density at radius 1 is 1.50 bits per heavy atom. The van der Waals surface area contributed by atoms with Crippen LogP contribution in [0.2, 0.25) is 0 Å². The van der Waals surface area contributed by atoms with E-state index in [9.17, 15) is 0 Å². The van der Waals surface area contributed by atoms with Crippen molar-refractivity contribution in [2.24, 2.45) is 0 Å². The molecule has 0 fully saturated rings. The van der Waals surface area contributed by atoms with Crippen molar-refractivity contribution in [3.05, 3.63) is 22.4 Å². The Morgan fingerprint density at radius 3 is 2.81 bits per heavy atom. The largest absolute Gasteiger partial charge is 0.380 e. The maximum atomic E-state index is 5.39. The fourth-order valence-electron chi connectivity index (χ4n) is 1.53. The van der Waals surface area contributed by atoms with E-state index in [4.69, 9.17) is 4.74 Å². The molecule has 0 amide bonds. The van der Waals surface area contributed by atoms with Gasteiger partial charge in [0.05, 0.1) is 6.61 Å². The number of ether oxygens (including phenoxy) is 1. The van der Waals surface area contributed by atoms with E-state index in [1.165, 1.54) is 4.88 Å². The molecule has 1 heterocycles. The minimum Gasteiger partial charge on any atom is -0.380 e. The molecule has 0 aromatic carbocycles. The minimum absolute atomic E-state index is 0.203. The van der Waals surface area contributed by atoms with Gasteiger partial charge in [0.2, 0.25) is 0 Å². The molecule has 0 radical (unpaired) electrons. The second-order valence-corrected chi connectivity index (χ2v) is 5.75. The van der Waals surface area contributed by atoms with Crippen LogP contribution >= 0.6 is 11.3 Å². The summed E-state index contributed by atoms with van der Waals surface area (Å²) in [6, 6.07) is 4.74. The molecule has 2 nitrogen and oxygen atoms in total. The quantitative estimate of drug-likeness (QED) is 0.792. The SMILES string of the molecule is CCOCC(C)NCC(C)(C)c1cccs1. The van der Waals surface area contributed by atoms with E-state index in [2.05, 4.69) is 43.6 Å². The van der Waals surface area contributed by atoms with Crippen molar-refractivity contribution in [2.45, 2.75) is 39.2 Å². The summed E-state index contributed by atoms with van der Waals surface area (Å²) in [5, 5.41) is 5.67. The van der Waals surface area contributed by atoms with E-state index in [0.29, 0.717) is 6.04 Å². The number of rotatable bonds is 7. The molecule has 1 rings (SSSR count). The van der Waals surface area contributed by atoms with Gasteiger partial charge in [0.15, 0.2) is 0 Å². The molecule has 0 saturated heterocycles. The zero-order valence-electron chi connectivity index (χ0n) is 10.7. The molecule has 1 aromatic rings. The standard InChI is InChI=1S/C13H23NOS/c1-5-15-9-11(2)14-10-13(3,4)12-7-6-8-16-12/h6-8,11,14H,5,9-10H2,1-4H3. The molecule has 0 aliphatic heterocycles. The second-order valence-electron chi connectivity index (χ2n) is 4.80. The minimum atomic E-state index is 0.203. The van der Waals surface area contributed by atoms with Crippen LogP contribution in [0.15, 0.2) is 17.5 Å². The van der Waals surface area contributed by atoms with Gasteiger partial charge in [0, 0.05) is 29.5 Å². The van der Waals surface area contributed by atoms with Crippen LogP contribution in [0.4, 0.5) is 0 Å². The van der Waals surface area contributed by atoms with Crippen LogP contribution in [-0.2, 0) is 10.2 Å². The number of thiophene rings is 1. The van der Waals surface area contributed by atoms with E-state index in [-0.39, 0.29) is 5.41 Å². The van der Waals surface area contributed by atoms with Gasteiger partial charge in [-0.2, -0.15) is 0 Å². The Hall–Kier alpha value is -0.380. The predicted molar refractivity (Wildman–Crippen MR) is 71.3 cm³/mol. The molecule has 1 N–H and O–H groups in total. The molecule has 1 aromatic heterocycles. The number of hydrogen-bond acceptors (Lipinski definition) is 3. The summed E-state index contributed by atoms with van der Waals surface area (Å²) in [5.74, 6) is 0. The first-order valence-electron chi connectivity index (χ1n) is 5.91. The first-order chi connectivity index (χ1) is 7.56. The van der Waals surface area contributed by atoms with Gasteiger partial charge < -0.3 is 10.1 Å². The maximum Gasteiger partial charge on any atom is 0.0616 e. The summed E-state index contributed by atoms with van der Waals surface area (Å²) in [6.07, 6.45) is 0. The van der Waals surface area contributed by atoms with Crippen LogP contribution in [0, 0.1) is 0 Å². The van der Waals surface area contributed by atoms with Gasteiger partial charge in [-0.3, -0.25) is 0 Å². The van der Waals surface area contributed by atoms with Crippen LogP contribution in [0.5, 0.6) is 0 Å². The molecule has 0 aliphatic rings. The van der Waals surface area contributed by atoms with E-state index in [0.717, 1.165) is 19.8 Å². The van der Waals surface area contributed by atoms with Crippen LogP contribution in [0.3, 0.4) is 0 Å². The van der Waals surface area contributed by atoms with Gasteiger partial charge in [0.25, 0.3) is 0 Å². The van der Waals surface area contributed by atoms with Gasteiger partial charge in [-0.1, -0.05) is 19.9 Å². The van der Waals surface area contributed by atoms with Gasteiger partial charge in [-0.05, 0) is 25.3 Å². The zero-order chi connectivity index (χ0) is 12.0. The summed E-state index contributed by atoms with van der Waals surface area (Å²) in [7, 11) is 0. The lowest BCUT2D eigenvalue weighted by atomic mass is 9.91. The highest BCUT2D eigenvalue weighted by Gasteiger charge is 2.21. The van der Waals surface area contributed by atoms with Crippen LogP contribution in [-0.4, -0.2) is 25.8 Å². The lowest BCUT2D eigenvalue weighted by molar-refractivity contribution is 0.125. The van der Waals surface area contributed by atoms with E-state index >= 15 is 0 Å². The molecule has 92 valence electrons. The Kier molecular flexibility index (Phi) is 5.46. The highest BCUT2D eigenvalue weighted by atomic mass is 32.1. The van der Waals surface area contributed by atoms with Crippen molar-refractivity contribution >= 4 is 11.3 Å². The van der Waals surface area contributed by atoms with Crippen LogP contribution in [0.25, 0.3) is 0 Å². The topological polar surface area (TPSA) is 21.3 Å². The summed E-state index contributed by atoms with van der Waals surface area (Å²) in [5.41, 5.74) is 0.203. The third-order valence-electron chi connectivity index (χ3n) is 2.65. The summed E-state index contributed by atoms with van der Waals surface area (Å²) in [4.78, 5) is 1.43. The summed E-state index contributed by atoms with van der Waals surface area (Å²) < 4.78 is 5.39. The predicted octanol–water partition coefficient (Wildman–Crippen LogP) is 3.04. The lowest BCUT2D eigenvalue weighted by Crippen LogP contribution is -2.39. The third-order valence-corrected chi connectivity index (χ3v) is 3.89.